The van der Waals surface area contributed by atoms with Gasteiger partial charge >= 0.3 is 5.69 Å². The monoisotopic (exact) mass is 464 g/mol. The van der Waals surface area contributed by atoms with E-state index in [4.69, 9.17) is 0 Å². The number of halogens is 1. The van der Waals surface area contributed by atoms with Gasteiger partial charge in [0.15, 0.2) is 5.96 Å². The number of aryl methyl sites for hydroxylation is 2. The highest BCUT2D eigenvalue weighted by atomic mass is 127. The van der Waals surface area contributed by atoms with Gasteiger partial charge < -0.3 is 10.6 Å². The number of fused-ring (bicyclic) bond motifs is 1. The van der Waals surface area contributed by atoms with Crippen molar-refractivity contribution in [3.8, 4) is 0 Å². The van der Waals surface area contributed by atoms with Crippen LogP contribution < -0.4 is 16.3 Å². The average Bonchev–Trinajstić information content (AvgIpc) is 2.88. The van der Waals surface area contributed by atoms with Crippen molar-refractivity contribution in [2.24, 2.45) is 10.9 Å². The third-order valence-corrected chi connectivity index (χ3v) is 4.19. The minimum Gasteiger partial charge on any atom is -0.357 e. The van der Waals surface area contributed by atoms with Crippen molar-refractivity contribution in [2.45, 2.75) is 66.0 Å². The molecule has 1 aromatic rings. The molecule has 0 saturated carbocycles. The summed E-state index contributed by atoms with van der Waals surface area (Å²) in [7, 11) is 0. The predicted molar refractivity (Wildman–Crippen MR) is 113 cm³/mol. The Kier molecular flexibility index (Phi) is 10.1. The summed E-state index contributed by atoms with van der Waals surface area (Å²) in [4.78, 5) is 16.8. The Hall–Kier alpha value is -1.06. The van der Waals surface area contributed by atoms with Crippen LogP contribution in [0.2, 0.25) is 0 Å². The van der Waals surface area contributed by atoms with Crippen LogP contribution in [-0.2, 0) is 19.5 Å². The Balaban J connectivity index is 0.00000312. The zero-order valence-corrected chi connectivity index (χ0v) is 18.1. The van der Waals surface area contributed by atoms with E-state index in [9.17, 15) is 4.79 Å². The van der Waals surface area contributed by atoms with E-state index in [1.165, 1.54) is 0 Å². The predicted octanol–water partition coefficient (Wildman–Crippen LogP) is 1.99. The van der Waals surface area contributed by atoms with Crippen LogP contribution in [-0.4, -0.2) is 39.9 Å². The highest BCUT2D eigenvalue weighted by molar-refractivity contribution is 14.0. The molecular weight excluding hydrogens is 431 g/mol. The standard InChI is InChI=1S/C17H32N6O.HI/c1-4-18-16(20-11-9-14(2)3)19-10-7-13-23-17(24)22-12-6-5-8-15(22)21-23;/h14H,4-13H2,1-3H3,(H2,18,19,20);1H. The van der Waals surface area contributed by atoms with Gasteiger partial charge in [-0.25, -0.2) is 9.48 Å². The zero-order valence-electron chi connectivity index (χ0n) is 15.8. The van der Waals surface area contributed by atoms with Crippen molar-refractivity contribution in [3.63, 3.8) is 0 Å². The molecule has 1 aliphatic heterocycles. The van der Waals surface area contributed by atoms with Gasteiger partial charge in [-0.3, -0.25) is 9.56 Å². The van der Waals surface area contributed by atoms with Gasteiger partial charge in [-0.2, -0.15) is 5.10 Å². The first-order valence-electron chi connectivity index (χ1n) is 9.30. The van der Waals surface area contributed by atoms with Gasteiger partial charge in [-0.05, 0) is 38.5 Å². The van der Waals surface area contributed by atoms with E-state index in [0.717, 1.165) is 63.5 Å². The molecular formula is C17H33IN6O. The molecule has 0 fully saturated rings. The molecule has 0 aromatic carbocycles. The number of hydrogen-bond donors (Lipinski definition) is 2. The van der Waals surface area contributed by atoms with Crippen molar-refractivity contribution in [1.29, 1.82) is 0 Å². The van der Waals surface area contributed by atoms with E-state index in [1.54, 1.807) is 4.68 Å². The number of nitrogens with one attached hydrogen (secondary N) is 2. The first kappa shape index (κ1) is 22.0. The summed E-state index contributed by atoms with van der Waals surface area (Å²) in [6.07, 6.45) is 5.08. The molecule has 1 aliphatic rings. The summed E-state index contributed by atoms with van der Waals surface area (Å²) < 4.78 is 3.43. The van der Waals surface area contributed by atoms with Crippen LogP contribution in [0, 0.1) is 5.92 Å². The highest BCUT2D eigenvalue weighted by Gasteiger charge is 2.15. The molecule has 0 spiro atoms. The molecule has 1 aromatic heterocycles. The summed E-state index contributed by atoms with van der Waals surface area (Å²) in [6.45, 7) is 10.4. The summed E-state index contributed by atoms with van der Waals surface area (Å²) in [5.74, 6) is 2.48. The SMILES string of the molecule is CCNC(=NCCCn1nc2n(c1=O)CCCC2)NCCC(C)C.I. The number of aliphatic imine (C=N–C) groups is 1. The molecule has 0 bridgehead atoms. The maximum atomic E-state index is 12.3. The molecule has 0 saturated heterocycles. The molecule has 2 N–H and O–H groups in total. The second kappa shape index (κ2) is 11.5. The fourth-order valence-electron chi connectivity index (χ4n) is 2.83. The Morgan fingerprint density at radius 2 is 2.12 bits per heavy atom. The van der Waals surface area contributed by atoms with Crippen LogP contribution in [0.1, 0.15) is 52.3 Å². The second-order valence-corrected chi connectivity index (χ2v) is 6.75. The summed E-state index contributed by atoms with van der Waals surface area (Å²) in [5, 5.41) is 11.1. The number of nitrogens with zero attached hydrogens (tertiary/aromatic N) is 4. The van der Waals surface area contributed by atoms with Gasteiger partial charge in [0.05, 0.1) is 0 Å². The summed E-state index contributed by atoms with van der Waals surface area (Å²) in [6, 6.07) is 0. The number of hydrogen-bond acceptors (Lipinski definition) is 3. The van der Waals surface area contributed by atoms with Crippen molar-refractivity contribution in [3.05, 3.63) is 16.3 Å². The molecule has 25 heavy (non-hydrogen) atoms. The van der Waals surface area contributed by atoms with Crippen molar-refractivity contribution in [1.82, 2.24) is 25.0 Å². The summed E-state index contributed by atoms with van der Waals surface area (Å²) >= 11 is 0. The molecule has 7 nitrogen and oxygen atoms in total. The minimum absolute atomic E-state index is 0. The Labute approximate surface area is 167 Å². The third kappa shape index (κ3) is 6.99. The van der Waals surface area contributed by atoms with Gasteiger partial charge in [-0.1, -0.05) is 13.8 Å². The lowest BCUT2D eigenvalue weighted by Crippen LogP contribution is -2.38. The summed E-state index contributed by atoms with van der Waals surface area (Å²) in [5.41, 5.74) is 0.0376. The quantitative estimate of drug-likeness (QED) is 0.267. The molecule has 0 amide bonds. The molecule has 0 aliphatic carbocycles. The first-order chi connectivity index (χ1) is 11.6. The zero-order chi connectivity index (χ0) is 17.4. The number of guanidine groups is 1. The lowest BCUT2D eigenvalue weighted by molar-refractivity contribution is 0.509. The third-order valence-electron chi connectivity index (χ3n) is 4.19. The topological polar surface area (TPSA) is 76.2 Å². The van der Waals surface area contributed by atoms with E-state index >= 15 is 0 Å². The average molecular weight is 464 g/mol. The van der Waals surface area contributed by atoms with Crippen molar-refractivity contribution < 1.29 is 0 Å². The minimum atomic E-state index is 0. The van der Waals surface area contributed by atoms with Gasteiger partial charge in [0.2, 0.25) is 0 Å². The molecule has 0 atom stereocenters. The van der Waals surface area contributed by atoms with Crippen molar-refractivity contribution >= 4 is 29.9 Å². The largest absolute Gasteiger partial charge is 0.357 e. The van der Waals surface area contributed by atoms with E-state index in [2.05, 4.69) is 41.5 Å². The fourth-order valence-corrected chi connectivity index (χ4v) is 2.83. The van der Waals surface area contributed by atoms with Crippen LogP contribution in [0.4, 0.5) is 0 Å². The van der Waals surface area contributed by atoms with E-state index in [1.807, 2.05) is 4.57 Å². The number of rotatable bonds is 8. The Morgan fingerprint density at radius 3 is 2.80 bits per heavy atom. The van der Waals surface area contributed by atoms with Crippen LogP contribution in [0.25, 0.3) is 0 Å². The van der Waals surface area contributed by atoms with Gasteiger partial charge in [0.25, 0.3) is 0 Å². The van der Waals surface area contributed by atoms with E-state index < -0.39 is 0 Å². The Morgan fingerprint density at radius 1 is 1.32 bits per heavy atom. The van der Waals surface area contributed by atoms with Gasteiger partial charge in [0, 0.05) is 39.1 Å². The molecule has 0 unspecified atom stereocenters. The van der Waals surface area contributed by atoms with Crippen LogP contribution >= 0.6 is 24.0 Å². The van der Waals surface area contributed by atoms with Crippen LogP contribution in [0.3, 0.4) is 0 Å². The van der Waals surface area contributed by atoms with Crippen molar-refractivity contribution in [2.75, 3.05) is 19.6 Å². The second-order valence-electron chi connectivity index (χ2n) is 6.75. The van der Waals surface area contributed by atoms with Gasteiger partial charge in [-0.15, -0.1) is 24.0 Å². The van der Waals surface area contributed by atoms with Gasteiger partial charge in [0.1, 0.15) is 5.82 Å². The normalized spacial score (nSPS) is 14.2. The van der Waals surface area contributed by atoms with E-state index in [-0.39, 0.29) is 29.7 Å². The highest BCUT2D eigenvalue weighted by Crippen LogP contribution is 2.09. The molecule has 8 heteroatoms. The van der Waals surface area contributed by atoms with E-state index in [0.29, 0.717) is 19.0 Å². The molecule has 2 rings (SSSR count). The first-order valence-corrected chi connectivity index (χ1v) is 9.30. The fraction of sp³-hybridized carbons (Fsp3) is 0.824. The van der Waals surface area contributed by atoms with Crippen LogP contribution in [0.5, 0.6) is 0 Å². The smallest absolute Gasteiger partial charge is 0.345 e. The maximum absolute atomic E-state index is 12.3. The Bertz CT molecular complexity index is 592. The molecule has 0 radical (unpaired) electrons. The van der Waals surface area contributed by atoms with Crippen LogP contribution in [0.15, 0.2) is 9.79 Å². The lowest BCUT2D eigenvalue weighted by atomic mass is 10.1. The molecule has 2 heterocycles. The lowest BCUT2D eigenvalue weighted by Gasteiger charge is -2.12. The molecule has 144 valence electrons. The maximum Gasteiger partial charge on any atom is 0.345 e. The number of aromatic nitrogens is 3.